The number of nitrogens with one attached hydrogen (secondary N) is 1. The maximum absolute atomic E-state index is 13.0. The van der Waals surface area contributed by atoms with Crippen LogP contribution >= 0.6 is 0 Å². The zero-order valence-corrected chi connectivity index (χ0v) is 18.3. The summed E-state index contributed by atoms with van der Waals surface area (Å²) in [7, 11) is 1.82. The fourth-order valence-electron chi connectivity index (χ4n) is 3.95. The molecule has 0 atom stereocenters. The Kier molecular flexibility index (Phi) is 5.32. The number of halogens is 3. The van der Waals surface area contributed by atoms with E-state index in [-0.39, 0.29) is 17.2 Å². The topological polar surface area (TPSA) is 81.9 Å². The average molecular weight is 467 g/mol. The normalized spacial score (nSPS) is 14.3. The highest BCUT2D eigenvalue weighted by molar-refractivity contribution is 5.88. The van der Waals surface area contributed by atoms with Crippen LogP contribution in [0.1, 0.15) is 17.2 Å². The minimum Gasteiger partial charge on any atom is -0.419 e. The Labute approximate surface area is 192 Å². The maximum Gasteiger partial charge on any atom is 0.491 e. The maximum atomic E-state index is 13.0. The zero-order chi connectivity index (χ0) is 24.0. The van der Waals surface area contributed by atoms with Gasteiger partial charge >= 0.3 is 12.1 Å². The molecular formula is C24H20F3N5O2. The molecule has 1 N–H and O–H groups in total. The van der Waals surface area contributed by atoms with Crippen LogP contribution in [-0.2, 0) is 11.8 Å². The lowest BCUT2D eigenvalue weighted by atomic mass is 9.97. The van der Waals surface area contributed by atoms with Crippen molar-refractivity contribution in [2.24, 2.45) is 7.05 Å². The number of aromatic nitrogens is 4. The summed E-state index contributed by atoms with van der Waals surface area (Å²) in [6.07, 6.45) is -3.27. The predicted molar refractivity (Wildman–Crippen MR) is 119 cm³/mol. The molecule has 0 saturated carbocycles. The SMILES string of the molecule is Cc1cc(-c2ccc(-c3ccc(C4CNC4)nn3)c(OC(=O)C(F)(F)F)c2)cc2cn(C)nc12. The van der Waals surface area contributed by atoms with E-state index < -0.39 is 12.1 Å². The molecule has 174 valence electrons. The number of ether oxygens (including phenoxy) is 1. The second-order valence-electron chi connectivity index (χ2n) is 8.33. The molecule has 4 aromatic rings. The summed E-state index contributed by atoms with van der Waals surface area (Å²) in [5.41, 5.74) is 4.45. The largest absolute Gasteiger partial charge is 0.491 e. The monoisotopic (exact) mass is 467 g/mol. The molecule has 10 heteroatoms. The number of aryl methyl sites for hydroxylation is 2. The lowest BCUT2D eigenvalue weighted by Gasteiger charge is -2.25. The first-order chi connectivity index (χ1) is 16.2. The van der Waals surface area contributed by atoms with Crippen LogP contribution in [-0.4, -0.2) is 45.2 Å². The van der Waals surface area contributed by atoms with Gasteiger partial charge in [0.2, 0.25) is 0 Å². The molecule has 0 bridgehead atoms. The number of esters is 1. The van der Waals surface area contributed by atoms with E-state index in [2.05, 4.69) is 20.6 Å². The molecule has 1 fully saturated rings. The summed E-state index contributed by atoms with van der Waals surface area (Å²) in [5.74, 6) is -2.27. The van der Waals surface area contributed by atoms with E-state index in [1.807, 2.05) is 32.3 Å². The summed E-state index contributed by atoms with van der Waals surface area (Å²) in [4.78, 5) is 11.7. The third-order valence-electron chi connectivity index (χ3n) is 5.82. The summed E-state index contributed by atoms with van der Waals surface area (Å²) in [6.45, 7) is 3.52. The van der Waals surface area contributed by atoms with E-state index in [0.717, 1.165) is 40.8 Å². The van der Waals surface area contributed by atoms with Crippen molar-refractivity contribution in [3.05, 3.63) is 59.9 Å². The first kappa shape index (κ1) is 22.0. The molecule has 1 saturated heterocycles. The van der Waals surface area contributed by atoms with Crippen LogP contribution in [0, 0.1) is 6.92 Å². The second-order valence-corrected chi connectivity index (χ2v) is 8.33. The van der Waals surface area contributed by atoms with E-state index in [1.54, 1.807) is 28.9 Å². The van der Waals surface area contributed by atoms with Gasteiger partial charge in [0, 0.05) is 43.2 Å². The first-order valence-electron chi connectivity index (χ1n) is 10.6. The number of fused-ring (bicyclic) bond motifs is 1. The van der Waals surface area contributed by atoms with Crippen LogP contribution in [0.25, 0.3) is 33.3 Å². The Balaban J connectivity index is 1.57. The van der Waals surface area contributed by atoms with Gasteiger partial charge in [0.1, 0.15) is 5.75 Å². The number of carbonyl (C=O) groups excluding carboxylic acids is 1. The number of hydrogen-bond donors (Lipinski definition) is 1. The summed E-state index contributed by atoms with van der Waals surface area (Å²) >= 11 is 0. The standard InChI is InChI=1S/C24H20F3N5O2/c1-13-7-15(8-16-12-32(2)31-22(13)16)14-3-4-18(21(9-14)34-23(33)24(25,26)27)20-6-5-19(29-30-20)17-10-28-11-17/h3-9,12,17,28H,10-11H2,1-2H3. The van der Waals surface area contributed by atoms with Gasteiger partial charge in [0.05, 0.1) is 16.9 Å². The number of rotatable bonds is 4. The first-order valence-corrected chi connectivity index (χ1v) is 10.6. The highest BCUT2D eigenvalue weighted by Gasteiger charge is 2.41. The smallest absolute Gasteiger partial charge is 0.419 e. The van der Waals surface area contributed by atoms with Crippen molar-refractivity contribution in [3.8, 4) is 28.1 Å². The van der Waals surface area contributed by atoms with E-state index in [1.165, 1.54) is 6.07 Å². The van der Waals surface area contributed by atoms with Crippen LogP contribution in [0.2, 0.25) is 0 Å². The molecule has 0 aliphatic carbocycles. The van der Waals surface area contributed by atoms with Crippen LogP contribution in [0.15, 0.2) is 48.7 Å². The van der Waals surface area contributed by atoms with Crippen molar-refractivity contribution in [3.63, 3.8) is 0 Å². The van der Waals surface area contributed by atoms with Gasteiger partial charge in [-0.1, -0.05) is 6.07 Å². The van der Waals surface area contributed by atoms with E-state index >= 15 is 0 Å². The van der Waals surface area contributed by atoms with Crippen LogP contribution in [0.4, 0.5) is 13.2 Å². The molecule has 1 aliphatic heterocycles. The highest BCUT2D eigenvalue weighted by atomic mass is 19.4. The van der Waals surface area contributed by atoms with Gasteiger partial charge in [-0.05, 0) is 60.0 Å². The van der Waals surface area contributed by atoms with Gasteiger partial charge in [0.15, 0.2) is 0 Å². The predicted octanol–water partition coefficient (Wildman–Crippen LogP) is 4.16. The summed E-state index contributed by atoms with van der Waals surface area (Å²) < 4.78 is 45.5. The second kappa shape index (κ2) is 8.21. The minimum absolute atomic E-state index is 0.240. The molecule has 0 unspecified atom stereocenters. The summed E-state index contributed by atoms with van der Waals surface area (Å²) in [6, 6.07) is 12.0. The van der Waals surface area contributed by atoms with Crippen LogP contribution in [0.3, 0.4) is 0 Å². The molecule has 5 rings (SSSR count). The average Bonchev–Trinajstić information content (AvgIpc) is 3.13. The van der Waals surface area contributed by atoms with Gasteiger partial charge < -0.3 is 10.1 Å². The van der Waals surface area contributed by atoms with Crippen molar-refractivity contribution in [2.45, 2.75) is 19.0 Å². The van der Waals surface area contributed by atoms with Crippen molar-refractivity contribution in [2.75, 3.05) is 13.1 Å². The molecule has 7 nitrogen and oxygen atoms in total. The molecule has 0 radical (unpaired) electrons. The third-order valence-corrected chi connectivity index (χ3v) is 5.82. The Morgan fingerprint density at radius 1 is 1.09 bits per heavy atom. The van der Waals surface area contributed by atoms with Crippen molar-refractivity contribution >= 4 is 16.9 Å². The Morgan fingerprint density at radius 2 is 1.88 bits per heavy atom. The Bertz CT molecular complexity index is 1390. The van der Waals surface area contributed by atoms with Crippen LogP contribution in [0.5, 0.6) is 5.75 Å². The number of nitrogens with zero attached hydrogens (tertiary/aromatic N) is 4. The molecule has 0 spiro atoms. The lowest BCUT2D eigenvalue weighted by molar-refractivity contribution is -0.189. The van der Waals surface area contributed by atoms with Crippen molar-refractivity contribution in [1.82, 2.24) is 25.3 Å². The number of carbonyl (C=O) groups is 1. The number of benzene rings is 2. The zero-order valence-electron chi connectivity index (χ0n) is 18.3. The van der Waals surface area contributed by atoms with Crippen molar-refractivity contribution in [1.29, 1.82) is 0 Å². The van der Waals surface area contributed by atoms with Gasteiger partial charge in [-0.25, -0.2) is 4.79 Å². The number of alkyl halides is 3. The lowest BCUT2D eigenvalue weighted by Crippen LogP contribution is -2.40. The molecule has 2 aromatic heterocycles. The fraction of sp³-hybridized carbons (Fsp3) is 0.250. The third kappa shape index (κ3) is 4.12. The van der Waals surface area contributed by atoms with Gasteiger partial charge in [-0.15, -0.1) is 0 Å². The van der Waals surface area contributed by atoms with Crippen LogP contribution < -0.4 is 10.1 Å². The fourth-order valence-corrected chi connectivity index (χ4v) is 3.95. The van der Waals surface area contributed by atoms with E-state index in [0.29, 0.717) is 11.3 Å². The van der Waals surface area contributed by atoms with Gasteiger partial charge in [-0.3, -0.25) is 4.68 Å². The molecule has 0 amide bonds. The molecule has 1 aliphatic rings. The van der Waals surface area contributed by atoms with Gasteiger partial charge in [-0.2, -0.15) is 28.5 Å². The van der Waals surface area contributed by atoms with E-state index in [4.69, 9.17) is 4.74 Å². The Morgan fingerprint density at radius 3 is 2.53 bits per heavy atom. The number of hydrogen-bond acceptors (Lipinski definition) is 6. The quantitative estimate of drug-likeness (QED) is 0.359. The molecule has 2 aromatic carbocycles. The molecule has 34 heavy (non-hydrogen) atoms. The van der Waals surface area contributed by atoms with Crippen molar-refractivity contribution < 1.29 is 22.7 Å². The molecular weight excluding hydrogens is 447 g/mol. The van der Waals surface area contributed by atoms with E-state index in [9.17, 15) is 18.0 Å². The summed E-state index contributed by atoms with van der Waals surface area (Å²) in [5, 5.41) is 16.9. The van der Waals surface area contributed by atoms with Gasteiger partial charge in [0.25, 0.3) is 0 Å². The Hall–Kier alpha value is -3.79. The highest BCUT2D eigenvalue weighted by Crippen LogP contribution is 2.36. The molecule has 3 heterocycles. The minimum atomic E-state index is -5.13.